The number of carbonyl (C=O) groups is 1. The van der Waals surface area contributed by atoms with Gasteiger partial charge in [-0.1, -0.05) is 24.3 Å². The third-order valence-corrected chi connectivity index (χ3v) is 4.07. The van der Waals surface area contributed by atoms with Crippen molar-refractivity contribution >= 4 is 17.4 Å². The molecule has 0 atom stereocenters. The summed E-state index contributed by atoms with van der Waals surface area (Å²) in [4.78, 5) is 12.2. The lowest BCUT2D eigenvalue weighted by atomic mass is 10.1. The molecule has 28 heavy (non-hydrogen) atoms. The molecule has 1 aromatic heterocycles. The number of carbonyl (C=O) groups excluding carboxylic acids is 1. The van der Waals surface area contributed by atoms with Crippen molar-refractivity contribution in [3.05, 3.63) is 77.5 Å². The molecule has 2 aromatic carbocycles. The number of hydrogen-bond donors (Lipinski definition) is 2. The van der Waals surface area contributed by atoms with Crippen molar-refractivity contribution in [1.29, 1.82) is 5.26 Å². The van der Waals surface area contributed by atoms with Crippen LogP contribution in [0.2, 0.25) is 0 Å². The monoisotopic (exact) mass is 373 g/mol. The second kappa shape index (κ2) is 9.14. The van der Waals surface area contributed by atoms with E-state index in [1.807, 2.05) is 30.3 Å². The minimum absolute atomic E-state index is 0.230. The van der Waals surface area contributed by atoms with Gasteiger partial charge in [-0.2, -0.15) is 5.26 Å². The number of benzene rings is 2. The van der Waals surface area contributed by atoms with Crippen molar-refractivity contribution in [3.8, 4) is 11.8 Å². The summed E-state index contributed by atoms with van der Waals surface area (Å²) >= 11 is 0. The molecule has 0 aliphatic heterocycles. The molecular weight excluding hydrogens is 354 g/mol. The average Bonchev–Trinajstić information content (AvgIpc) is 2.75. The molecule has 3 rings (SSSR count). The lowest BCUT2D eigenvalue weighted by Gasteiger charge is -2.08. The number of nitrogens with zero attached hydrogens (tertiary/aromatic N) is 3. The van der Waals surface area contributed by atoms with Crippen molar-refractivity contribution < 1.29 is 9.53 Å². The predicted octanol–water partition coefficient (Wildman–Crippen LogP) is 3.07. The van der Waals surface area contributed by atoms with Crippen LogP contribution in [0.1, 0.15) is 21.6 Å². The van der Waals surface area contributed by atoms with Crippen LogP contribution in [0.3, 0.4) is 0 Å². The summed E-state index contributed by atoms with van der Waals surface area (Å²) in [5, 5.41) is 22.9. The van der Waals surface area contributed by atoms with Crippen LogP contribution in [-0.2, 0) is 6.42 Å². The number of methoxy groups -OCH3 is 1. The number of rotatable bonds is 7. The number of nitrogens with one attached hydrogen (secondary N) is 2. The first-order valence-corrected chi connectivity index (χ1v) is 8.70. The minimum Gasteiger partial charge on any atom is -0.497 e. The molecule has 0 spiro atoms. The Morgan fingerprint density at radius 2 is 1.86 bits per heavy atom. The molecule has 1 amide bonds. The quantitative estimate of drug-likeness (QED) is 0.660. The summed E-state index contributed by atoms with van der Waals surface area (Å²) in [5.41, 5.74) is 2.47. The summed E-state index contributed by atoms with van der Waals surface area (Å²) in [5.74, 6) is 0.969. The van der Waals surface area contributed by atoms with Gasteiger partial charge in [0, 0.05) is 6.54 Å². The normalized spacial score (nSPS) is 10.0. The van der Waals surface area contributed by atoms with Gasteiger partial charge in [-0.3, -0.25) is 4.79 Å². The Hall–Kier alpha value is -3.92. The molecule has 7 heteroatoms. The molecule has 0 aliphatic rings. The fourth-order valence-electron chi connectivity index (χ4n) is 2.55. The summed E-state index contributed by atoms with van der Waals surface area (Å²) in [6.45, 7) is 0.488. The molecule has 0 saturated heterocycles. The van der Waals surface area contributed by atoms with E-state index >= 15 is 0 Å². The number of nitriles is 1. The molecular formula is C21H19N5O2. The van der Waals surface area contributed by atoms with Crippen LogP contribution >= 0.6 is 0 Å². The van der Waals surface area contributed by atoms with E-state index in [0.717, 1.165) is 11.3 Å². The van der Waals surface area contributed by atoms with Crippen LogP contribution in [0.15, 0.2) is 60.7 Å². The first kappa shape index (κ1) is 18.9. The van der Waals surface area contributed by atoms with E-state index < -0.39 is 0 Å². The molecule has 2 N–H and O–H groups in total. The van der Waals surface area contributed by atoms with Gasteiger partial charge in [-0.05, 0) is 48.4 Å². The maximum atomic E-state index is 12.2. The maximum absolute atomic E-state index is 12.2. The number of ether oxygens (including phenoxy) is 1. The zero-order valence-electron chi connectivity index (χ0n) is 15.3. The molecule has 0 fully saturated rings. The SMILES string of the molecule is COc1ccc(CCNC(=O)c2ccc(Nc3ccccc3C#N)nn2)cc1. The number of anilines is 2. The molecule has 1 heterocycles. The van der Waals surface area contributed by atoms with Gasteiger partial charge in [-0.15, -0.1) is 10.2 Å². The maximum Gasteiger partial charge on any atom is 0.271 e. The second-order valence-corrected chi connectivity index (χ2v) is 5.94. The highest BCUT2D eigenvalue weighted by molar-refractivity contribution is 5.92. The molecule has 3 aromatic rings. The number of amides is 1. The summed E-state index contributed by atoms with van der Waals surface area (Å²) in [7, 11) is 1.62. The molecule has 0 radical (unpaired) electrons. The predicted molar refractivity (Wildman–Crippen MR) is 106 cm³/mol. The Balaban J connectivity index is 1.54. The fourth-order valence-corrected chi connectivity index (χ4v) is 2.55. The van der Waals surface area contributed by atoms with E-state index in [0.29, 0.717) is 30.0 Å². The molecule has 7 nitrogen and oxygen atoms in total. The van der Waals surface area contributed by atoms with Crippen LogP contribution in [0.5, 0.6) is 5.75 Å². The van der Waals surface area contributed by atoms with Gasteiger partial charge in [0.05, 0.1) is 18.4 Å². The zero-order valence-corrected chi connectivity index (χ0v) is 15.3. The van der Waals surface area contributed by atoms with Crippen LogP contribution in [-0.4, -0.2) is 29.8 Å². The number of aromatic nitrogens is 2. The van der Waals surface area contributed by atoms with Crippen LogP contribution in [0.25, 0.3) is 0 Å². The van der Waals surface area contributed by atoms with Crippen LogP contribution in [0.4, 0.5) is 11.5 Å². The van der Waals surface area contributed by atoms with Gasteiger partial charge in [0.2, 0.25) is 0 Å². The van der Waals surface area contributed by atoms with Gasteiger partial charge in [0.15, 0.2) is 11.5 Å². The van der Waals surface area contributed by atoms with E-state index in [1.165, 1.54) is 0 Å². The Morgan fingerprint density at radius 3 is 2.54 bits per heavy atom. The van der Waals surface area contributed by atoms with Crippen molar-refractivity contribution in [2.75, 3.05) is 19.0 Å². The third kappa shape index (κ3) is 4.83. The zero-order chi connectivity index (χ0) is 19.8. The van der Waals surface area contributed by atoms with Crippen molar-refractivity contribution in [1.82, 2.24) is 15.5 Å². The van der Waals surface area contributed by atoms with E-state index in [9.17, 15) is 4.79 Å². The van der Waals surface area contributed by atoms with Crippen LogP contribution in [0, 0.1) is 11.3 Å². The van der Waals surface area contributed by atoms with E-state index in [1.54, 1.807) is 37.4 Å². The van der Waals surface area contributed by atoms with E-state index in [4.69, 9.17) is 10.00 Å². The number of hydrogen-bond acceptors (Lipinski definition) is 6. The molecule has 140 valence electrons. The van der Waals surface area contributed by atoms with Crippen molar-refractivity contribution in [3.63, 3.8) is 0 Å². The standard InChI is InChI=1S/C21H19N5O2/c1-28-17-8-6-15(7-9-17)12-13-23-21(27)19-10-11-20(26-25-19)24-18-5-3-2-4-16(18)14-22/h2-11H,12-13H2,1H3,(H,23,27)(H,24,26). The van der Waals surface area contributed by atoms with Crippen LogP contribution < -0.4 is 15.4 Å². The molecule has 0 unspecified atom stereocenters. The Kier molecular flexibility index (Phi) is 6.16. The Bertz CT molecular complexity index is 979. The van der Waals surface area contributed by atoms with Crippen molar-refractivity contribution in [2.45, 2.75) is 6.42 Å². The molecule has 0 bridgehead atoms. The first-order valence-electron chi connectivity index (χ1n) is 8.70. The van der Waals surface area contributed by atoms with Gasteiger partial charge >= 0.3 is 0 Å². The van der Waals surface area contributed by atoms with E-state index in [2.05, 4.69) is 26.9 Å². The summed E-state index contributed by atoms with van der Waals surface area (Å²) in [6.07, 6.45) is 0.702. The summed E-state index contributed by atoms with van der Waals surface area (Å²) in [6, 6.07) is 20.1. The lowest BCUT2D eigenvalue weighted by Crippen LogP contribution is -2.26. The van der Waals surface area contributed by atoms with Crippen molar-refractivity contribution in [2.24, 2.45) is 0 Å². The minimum atomic E-state index is -0.287. The first-order chi connectivity index (χ1) is 13.7. The smallest absolute Gasteiger partial charge is 0.271 e. The lowest BCUT2D eigenvalue weighted by molar-refractivity contribution is 0.0948. The average molecular weight is 373 g/mol. The molecule has 0 saturated carbocycles. The van der Waals surface area contributed by atoms with Gasteiger partial charge in [0.1, 0.15) is 11.8 Å². The highest BCUT2D eigenvalue weighted by Crippen LogP contribution is 2.18. The number of para-hydroxylation sites is 1. The van der Waals surface area contributed by atoms with Gasteiger partial charge in [-0.25, -0.2) is 0 Å². The van der Waals surface area contributed by atoms with Gasteiger partial charge in [0.25, 0.3) is 5.91 Å². The highest BCUT2D eigenvalue weighted by Gasteiger charge is 2.09. The van der Waals surface area contributed by atoms with Gasteiger partial charge < -0.3 is 15.4 Å². The second-order valence-electron chi connectivity index (χ2n) is 5.94. The Labute approximate surface area is 163 Å². The topological polar surface area (TPSA) is 99.9 Å². The highest BCUT2D eigenvalue weighted by atomic mass is 16.5. The largest absolute Gasteiger partial charge is 0.497 e. The van der Waals surface area contributed by atoms with E-state index in [-0.39, 0.29) is 11.6 Å². The third-order valence-electron chi connectivity index (χ3n) is 4.07. The fraction of sp³-hybridized carbons (Fsp3) is 0.143. The summed E-state index contributed by atoms with van der Waals surface area (Å²) < 4.78 is 5.12. The molecule has 0 aliphatic carbocycles. The Morgan fingerprint density at radius 1 is 1.07 bits per heavy atom.